The van der Waals surface area contributed by atoms with Gasteiger partial charge in [-0.3, -0.25) is 15.0 Å². The van der Waals surface area contributed by atoms with E-state index in [1.807, 2.05) is 15.9 Å². The van der Waals surface area contributed by atoms with Crippen LogP contribution in [0.4, 0.5) is 11.4 Å². The Morgan fingerprint density at radius 1 is 1.21 bits per heavy atom. The number of carbonyl (C=O) groups is 1. The van der Waals surface area contributed by atoms with Gasteiger partial charge in [0.2, 0.25) is 0 Å². The van der Waals surface area contributed by atoms with Crippen molar-refractivity contribution in [3.63, 3.8) is 0 Å². The summed E-state index contributed by atoms with van der Waals surface area (Å²) >= 11 is 5.96. The van der Waals surface area contributed by atoms with Crippen molar-refractivity contribution < 1.29 is 14.5 Å². The number of methoxy groups -OCH3 is 1. The number of benzene rings is 2. The number of hydrogen-bond acceptors (Lipinski definition) is 7. The Morgan fingerprint density at radius 2 is 1.86 bits per heavy atom. The molecule has 8 nitrogen and oxygen atoms in total. The number of esters is 1. The van der Waals surface area contributed by atoms with Crippen LogP contribution in [0.3, 0.4) is 0 Å². The minimum atomic E-state index is -0.549. The van der Waals surface area contributed by atoms with Gasteiger partial charge in [0.05, 0.1) is 23.3 Å². The number of nitro benzene ring substituents is 1. The fraction of sp³-hybridized carbons (Fsp3) is 0.300. The van der Waals surface area contributed by atoms with Crippen LogP contribution in [0.25, 0.3) is 0 Å². The number of halogens is 1. The van der Waals surface area contributed by atoms with Crippen molar-refractivity contribution in [3.05, 3.63) is 68.7 Å². The number of hydrogen-bond donors (Lipinski definition) is 0. The molecule has 0 saturated carbocycles. The summed E-state index contributed by atoms with van der Waals surface area (Å²) in [6.07, 6.45) is 0. The predicted molar refractivity (Wildman–Crippen MR) is 108 cm³/mol. The van der Waals surface area contributed by atoms with Crippen molar-refractivity contribution in [2.24, 2.45) is 0 Å². The van der Waals surface area contributed by atoms with Gasteiger partial charge >= 0.3 is 5.97 Å². The van der Waals surface area contributed by atoms with Gasteiger partial charge in [0.1, 0.15) is 12.1 Å². The van der Waals surface area contributed by atoms with Crippen LogP contribution in [-0.2, 0) is 9.53 Å². The van der Waals surface area contributed by atoms with E-state index in [0.29, 0.717) is 36.9 Å². The summed E-state index contributed by atoms with van der Waals surface area (Å²) in [5.41, 5.74) is 1.59. The zero-order chi connectivity index (χ0) is 21.0. The lowest BCUT2D eigenvalue weighted by Crippen LogP contribution is -2.49. The molecule has 0 unspecified atom stereocenters. The molecule has 0 aromatic heterocycles. The highest BCUT2D eigenvalue weighted by Gasteiger charge is 2.32. The van der Waals surface area contributed by atoms with Gasteiger partial charge in [0.25, 0.3) is 5.69 Å². The third-order valence-corrected chi connectivity index (χ3v) is 5.19. The first-order chi connectivity index (χ1) is 13.9. The Labute approximate surface area is 173 Å². The average Bonchev–Trinajstić information content (AvgIpc) is 2.75. The first-order valence-corrected chi connectivity index (χ1v) is 9.33. The molecule has 29 heavy (non-hydrogen) atoms. The SMILES string of the molecule is COC(=O)[C@@H](c1ccc(Cl)cc1)N1CCN(c2ccc([N+](=O)[O-])cc2C#N)CC1. The number of anilines is 1. The fourth-order valence-corrected chi connectivity index (χ4v) is 3.60. The number of nitriles is 1. The van der Waals surface area contributed by atoms with Gasteiger partial charge in [-0.15, -0.1) is 0 Å². The van der Waals surface area contributed by atoms with Gasteiger partial charge in [-0.05, 0) is 23.8 Å². The highest BCUT2D eigenvalue weighted by Crippen LogP contribution is 2.29. The summed E-state index contributed by atoms with van der Waals surface area (Å²) in [6.45, 7) is 2.25. The molecule has 1 aliphatic heterocycles. The summed E-state index contributed by atoms with van der Waals surface area (Å²) in [4.78, 5) is 26.9. The Bertz CT molecular complexity index is 950. The second-order valence-corrected chi connectivity index (χ2v) is 7.01. The quantitative estimate of drug-likeness (QED) is 0.421. The molecule has 150 valence electrons. The van der Waals surface area contributed by atoms with Crippen LogP contribution in [-0.4, -0.2) is 49.1 Å². The van der Waals surface area contributed by atoms with E-state index in [1.54, 1.807) is 30.3 Å². The maximum absolute atomic E-state index is 12.4. The van der Waals surface area contributed by atoms with E-state index in [-0.39, 0.29) is 17.2 Å². The van der Waals surface area contributed by atoms with E-state index in [2.05, 4.69) is 0 Å². The maximum Gasteiger partial charge on any atom is 0.327 e. The molecule has 0 N–H and O–H groups in total. The summed E-state index contributed by atoms with van der Waals surface area (Å²) < 4.78 is 5.00. The molecule has 0 aliphatic carbocycles. The first-order valence-electron chi connectivity index (χ1n) is 8.95. The molecule has 1 saturated heterocycles. The number of nitro groups is 1. The molecule has 0 amide bonds. The van der Waals surface area contributed by atoms with Crippen LogP contribution in [0.5, 0.6) is 0 Å². The van der Waals surface area contributed by atoms with Gasteiger partial charge in [0.15, 0.2) is 0 Å². The lowest BCUT2D eigenvalue weighted by molar-refractivity contribution is -0.384. The van der Waals surface area contributed by atoms with E-state index in [0.717, 1.165) is 5.56 Å². The molecule has 1 heterocycles. The van der Waals surface area contributed by atoms with Gasteiger partial charge < -0.3 is 9.64 Å². The Balaban J connectivity index is 1.78. The van der Waals surface area contributed by atoms with Crippen LogP contribution >= 0.6 is 11.6 Å². The van der Waals surface area contributed by atoms with E-state index >= 15 is 0 Å². The van der Waals surface area contributed by atoms with Crippen molar-refractivity contribution in [2.45, 2.75) is 6.04 Å². The molecular weight excluding hydrogens is 396 g/mol. The average molecular weight is 415 g/mol. The molecule has 2 aromatic rings. The van der Waals surface area contributed by atoms with E-state index in [1.165, 1.54) is 19.2 Å². The second kappa shape index (κ2) is 8.90. The van der Waals surface area contributed by atoms with E-state index in [4.69, 9.17) is 16.3 Å². The van der Waals surface area contributed by atoms with Crippen molar-refractivity contribution in [2.75, 3.05) is 38.2 Å². The zero-order valence-corrected chi connectivity index (χ0v) is 16.5. The highest BCUT2D eigenvalue weighted by atomic mass is 35.5. The largest absolute Gasteiger partial charge is 0.468 e. The molecule has 1 aliphatic rings. The lowest BCUT2D eigenvalue weighted by atomic mass is 10.0. The fourth-order valence-electron chi connectivity index (χ4n) is 3.48. The molecule has 2 aromatic carbocycles. The van der Waals surface area contributed by atoms with Crippen LogP contribution in [0.15, 0.2) is 42.5 Å². The first kappa shape index (κ1) is 20.6. The predicted octanol–water partition coefficient (Wildman–Crippen LogP) is 3.16. The summed E-state index contributed by atoms with van der Waals surface area (Å²) in [5, 5.41) is 20.9. The summed E-state index contributed by atoms with van der Waals surface area (Å²) in [5.74, 6) is -0.353. The van der Waals surface area contributed by atoms with Gasteiger partial charge in [0, 0.05) is 43.3 Å². The number of nitrogens with zero attached hydrogens (tertiary/aromatic N) is 4. The Hall–Kier alpha value is -3.15. The topological polar surface area (TPSA) is 99.7 Å². The minimum absolute atomic E-state index is 0.113. The number of carbonyl (C=O) groups excluding carboxylic acids is 1. The van der Waals surface area contributed by atoms with Crippen molar-refractivity contribution in [3.8, 4) is 6.07 Å². The molecule has 1 fully saturated rings. The van der Waals surface area contributed by atoms with Crippen molar-refractivity contribution >= 4 is 28.9 Å². The lowest BCUT2D eigenvalue weighted by Gasteiger charge is -2.39. The third-order valence-electron chi connectivity index (χ3n) is 4.94. The molecule has 9 heteroatoms. The van der Waals surface area contributed by atoms with Crippen LogP contribution in [0.2, 0.25) is 5.02 Å². The number of ether oxygens (including phenoxy) is 1. The maximum atomic E-state index is 12.4. The van der Waals surface area contributed by atoms with Crippen molar-refractivity contribution in [1.29, 1.82) is 5.26 Å². The Morgan fingerprint density at radius 3 is 2.41 bits per heavy atom. The van der Waals surface area contributed by atoms with Crippen LogP contribution in [0.1, 0.15) is 17.2 Å². The standard InChI is InChI=1S/C20H19ClN4O4/c1-29-20(26)19(14-2-4-16(21)5-3-14)24-10-8-23(9-11-24)18-7-6-17(25(27)28)12-15(18)13-22/h2-7,12,19H,8-11H2,1H3/t19-/m1/s1. The molecule has 0 bridgehead atoms. The van der Waals surface area contributed by atoms with E-state index in [9.17, 15) is 20.2 Å². The van der Waals surface area contributed by atoms with Gasteiger partial charge in [-0.25, -0.2) is 4.79 Å². The summed E-state index contributed by atoms with van der Waals surface area (Å²) in [7, 11) is 1.36. The number of rotatable bonds is 5. The van der Waals surface area contributed by atoms with Crippen LogP contribution < -0.4 is 4.90 Å². The normalized spacial score (nSPS) is 15.4. The zero-order valence-electron chi connectivity index (χ0n) is 15.7. The van der Waals surface area contributed by atoms with Crippen LogP contribution in [0, 0.1) is 21.4 Å². The summed E-state index contributed by atoms with van der Waals surface area (Å²) in [6, 6.07) is 12.8. The molecule has 3 rings (SSSR count). The van der Waals surface area contributed by atoms with Crippen molar-refractivity contribution in [1.82, 2.24) is 4.90 Å². The highest BCUT2D eigenvalue weighted by molar-refractivity contribution is 6.30. The second-order valence-electron chi connectivity index (χ2n) is 6.57. The molecule has 0 radical (unpaired) electrons. The molecule has 1 atom stereocenters. The number of non-ortho nitro benzene ring substituents is 1. The van der Waals surface area contributed by atoms with Gasteiger partial charge in [-0.2, -0.15) is 5.26 Å². The number of piperazine rings is 1. The smallest absolute Gasteiger partial charge is 0.327 e. The third kappa shape index (κ3) is 4.47. The monoisotopic (exact) mass is 414 g/mol. The molecule has 0 spiro atoms. The minimum Gasteiger partial charge on any atom is -0.468 e. The Kier molecular flexibility index (Phi) is 6.32. The molecular formula is C20H19ClN4O4. The van der Waals surface area contributed by atoms with E-state index < -0.39 is 11.0 Å². The van der Waals surface area contributed by atoms with Gasteiger partial charge in [-0.1, -0.05) is 23.7 Å².